The van der Waals surface area contributed by atoms with Gasteiger partial charge in [0.05, 0.1) is 25.5 Å². The number of aryl methyl sites for hydroxylation is 1. The van der Waals surface area contributed by atoms with E-state index in [1.807, 2.05) is 19.1 Å². The summed E-state index contributed by atoms with van der Waals surface area (Å²) >= 11 is 0. The van der Waals surface area contributed by atoms with Gasteiger partial charge < -0.3 is 18.6 Å². The molecule has 2 aromatic rings. The van der Waals surface area contributed by atoms with Gasteiger partial charge in [-0.3, -0.25) is 4.90 Å². The van der Waals surface area contributed by atoms with Crippen LogP contribution in [0.1, 0.15) is 43.5 Å². The van der Waals surface area contributed by atoms with E-state index in [9.17, 15) is 0 Å². The van der Waals surface area contributed by atoms with Gasteiger partial charge in [-0.1, -0.05) is 12.1 Å². The SMILES string of the molecule is COc1cccc2c1OC(C)(C)[C@H]1CC3(CO[C@H]21)CN(Cc1coc(C)n1)C3. The number of rotatable bonds is 3. The molecule has 1 aromatic carbocycles. The number of fused-ring (bicyclic) bond motifs is 3. The van der Waals surface area contributed by atoms with E-state index in [0.717, 1.165) is 61.3 Å². The van der Waals surface area contributed by atoms with Crippen molar-refractivity contribution < 1.29 is 18.6 Å². The van der Waals surface area contributed by atoms with Gasteiger partial charge >= 0.3 is 0 Å². The number of benzene rings is 1. The summed E-state index contributed by atoms with van der Waals surface area (Å²) in [6, 6.07) is 6.09. The van der Waals surface area contributed by atoms with Crippen LogP contribution in [-0.4, -0.2) is 42.3 Å². The van der Waals surface area contributed by atoms with Gasteiger partial charge in [-0.25, -0.2) is 4.98 Å². The molecule has 2 atom stereocenters. The lowest BCUT2D eigenvalue weighted by molar-refractivity contribution is -0.200. The molecule has 0 aliphatic carbocycles. The van der Waals surface area contributed by atoms with Crippen molar-refractivity contribution in [2.24, 2.45) is 11.3 Å². The molecular weight excluding hydrogens is 356 g/mol. The Morgan fingerprint density at radius 1 is 1.29 bits per heavy atom. The summed E-state index contributed by atoms with van der Waals surface area (Å²) in [6.45, 7) is 9.93. The molecule has 0 amide bonds. The molecule has 150 valence electrons. The minimum absolute atomic E-state index is 0.0618. The van der Waals surface area contributed by atoms with E-state index in [-0.39, 0.29) is 17.1 Å². The molecule has 0 N–H and O–H groups in total. The molecule has 3 aliphatic heterocycles. The maximum absolute atomic E-state index is 6.51. The zero-order chi connectivity index (χ0) is 19.5. The first-order valence-corrected chi connectivity index (χ1v) is 10.0. The molecule has 4 heterocycles. The smallest absolute Gasteiger partial charge is 0.191 e. The van der Waals surface area contributed by atoms with Crippen molar-refractivity contribution in [3.8, 4) is 11.5 Å². The Bertz CT molecular complexity index is 884. The van der Waals surface area contributed by atoms with E-state index < -0.39 is 0 Å². The van der Waals surface area contributed by atoms with E-state index in [1.165, 1.54) is 0 Å². The second-order valence-corrected chi connectivity index (χ2v) is 9.13. The third-order valence-electron chi connectivity index (χ3n) is 6.55. The predicted molar refractivity (Wildman–Crippen MR) is 103 cm³/mol. The van der Waals surface area contributed by atoms with Gasteiger partial charge in [0.1, 0.15) is 11.9 Å². The first kappa shape index (κ1) is 18.0. The third kappa shape index (κ3) is 2.81. The number of methoxy groups -OCH3 is 1. The first-order valence-electron chi connectivity index (χ1n) is 10.0. The first-order chi connectivity index (χ1) is 13.4. The molecule has 1 spiro atoms. The van der Waals surface area contributed by atoms with Crippen molar-refractivity contribution >= 4 is 0 Å². The van der Waals surface area contributed by atoms with Crippen LogP contribution in [0.4, 0.5) is 0 Å². The quantitative estimate of drug-likeness (QED) is 0.803. The lowest BCUT2D eigenvalue weighted by Crippen LogP contribution is -2.63. The van der Waals surface area contributed by atoms with Crippen LogP contribution in [0.3, 0.4) is 0 Å². The van der Waals surface area contributed by atoms with E-state index in [4.69, 9.17) is 18.6 Å². The summed E-state index contributed by atoms with van der Waals surface area (Å²) in [5, 5.41) is 0. The van der Waals surface area contributed by atoms with E-state index >= 15 is 0 Å². The van der Waals surface area contributed by atoms with E-state index in [1.54, 1.807) is 13.4 Å². The molecule has 6 heteroatoms. The minimum atomic E-state index is -0.302. The molecule has 0 saturated carbocycles. The lowest BCUT2D eigenvalue weighted by atomic mass is 9.64. The van der Waals surface area contributed by atoms with Crippen molar-refractivity contribution in [1.82, 2.24) is 9.88 Å². The van der Waals surface area contributed by atoms with Crippen LogP contribution in [0, 0.1) is 18.3 Å². The van der Waals surface area contributed by atoms with E-state index in [0.29, 0.717) is 5.92 Å². The highest BCUT2D eigenvalue weighted by Gasteiger charge is 2.56. The highest BCUT2D eigenvalue weighted by atomic mass is 16.5. The van der Waals surface area contributed by atoms with Crippen LogP contribution < -0.4 is 9.47 Å². The van der Waals surface area contributed by atoms with Crippen molar-refractivity contribution in [3.05, 3.63) is 41.6 Å². The highest BCUT2D eigenvalue weighted by molar-refractivity contribution is 5.50. The summed E-state index contributed by atoms with van der Waals surface area (Å²) in [4.78, 5) is 6.85. The number of aromatic nitrogens is 1. The average Bonchev–Trinajstić information content (AvgIpc) is 3.05. The Hall–Kier alpha value is -2.05. The van der Waals surface area contributed by atoms with Gasteiger partial charge in [-0.2, -0.15) is 0 Å². The van der Waals surface area contributed by atoms with Crippen LogP contribution in [0.2, 0.25) is 0 Å². The van der Waals surface area contributed by atoms with Crippen LogP contribution in [-0.2, 0) is 11.3 Å². The number of oxazole rings is 1. The molecule has 1 aromatic heterocycles. The Morgan fingerprint density at radius 3 is 2.82 bits per heavy atom. The zero-order valence-electron chi connectivity index (χ0n) is 17.0. The largest absolute Gasteiger partial charge is 0.493 e. The average molecular weight is 384 g/mol. The van der Waals surface area contributed by atoms with Crippen LogP contribution in [0.5, 0.6) is 11.5 Å². The molecule has 5 rings (SSSR count). The number of nitrogens with zero attached hydrogens (tertiary/aromatic N) is 2. The molecule has 28 heavy (non-hydrogen) atoms. The van der Waals surface area contributed by atoms with Gasteiger partial charge in [0.25, 0.3) is 0 Å². The summed E-state index contributed by atoms with van der Waals surface area (Å²) in [5.74, 6) is 2.66. The van der Waals surface area contributed by atoms with Gasteiger partial charge in [0, 0.05) is 43.5 Å². The Morgan fingerprint density at radius 2 is 2.11 bits per heavy atom. The Labute approximate surface area is 165 Å². The topological polar surface area (TPSA) is 57.0 Å². The summed E-state index contributed by atoms with van der Waals surface area (Å²) < 4.78 is 23.8. The predicted octanol–water partition coefficient (Wildman–Crippen LogP) is 3.74. The molecule has 0 radical (unpaired) electrons. The normalized spacial score (nSPS) is 27.4. The number of para-hydroxylation sites is 1. The van der Waals surface area contributed by atoms with Crippen molar-refractivity contribution in [2.45, 2.75) is 45.4 Å². The number of likely N-dealkylation sites (tertiary alicyclic amines) is 1. The Balaban J connectivity index is 1.33. The van der Waals surface area contributed by atoms with Crippen LogP contribution in [0.15, 0.2) is 28.9 Å². The Kier molecular flexibility index (Phi) is 4.00. The maximum atomic E-state index is 6.51. The lowest BCUT2D eigenvalue weighted by Gasteiger charge is -2.58. The zero-order valence-corrected chi connectivity index (χ0v) is 17.0. The highest BCUT2D eigenvalue weighted by Crippen LogP contribution is 2.56. The molecule has 2 saturated heterocycles. The number of hydrogen-bond donors (Lipinski definition) is 0. The van der Waals surface area contributed by atoms with Gasteiger partial charge in [0.15, 0.2) is 17.4 Å². The molecule has 0 unspecified atom stereocenters. The molecule has 6 nitrogen and oxygen atoms in total. The van der Waals surface area contributed by atoms with Crippen molar-refractivity contribution in [3.63, 3.8) is 0 Å². The molecular formula is C22H28N2O4. The summed E-state index contributed by atoms with van der Waals surface area (Å²) in [6.07, 6.45) is 2.93. The fraction of sp³-hybridized carbons (Fsp3) is 0.591. The standard InChI is InChI=1S/C22H28N2O4/c1-14-23-15(10-26-14)9-24-11-22(12-24)8-17-19(27-13-22)16-6-5-7-18(25-4)20(16)28-21(17,2)3/h5-7,10,17,19H,8-9,11-13H2,1-4H3/t17-,19+/m0/s1. The molecule has 0 bridgehead atoms. The van der Waals surface area contributed by atoms with Crippen LogP contribution in [0.25, 0.3) is 0 Å². The van der Waals surface area contributed by atoms with Crippen LogP contribution >= 0.6 is 0 Å². The minimum Gasteiger partial charge on any atom is -0.493 e. The second kappa shape index (κ2) is 6.22. The fourth-order valence-electron chi connectivity index (χ4n) is 5.24. The van der Waals surface area contributed by atoms with Gasteiger partial charge in [0.2, 0.25) is 0 Å². The third-order valence-corrected chi connectivity index (χ3v) is 6.55. The molecule has 3 aliphatic rings. The van der Waals surface area contributed by atoms with E-state index in [2.05, 4.69) is 29.8 Å². The second-order valence-electron chi connectivity index (χ2n) is 9.13. The number of hydrogen-bond acceptors (Lipinski definition) is 6. The molecule has 2 fully saturated rings. The maximum Gasteiger partial charge on any atom is 0.191 e. The summed E-state index contributed by atoms with van der Waals surface area (Å²) in [5.41, 5.74) is 2.03. The van der Waals surface area contributed by atoms with Gasteiger partial charge in [-0.15, -0.1) is 0 Å². The fourth-order valence-corrected chi connectivity index (χ4v) is 5.24. The van der Waals surface area contributed by atoms with Crippen molar-refractivity contribution in [1.29, 1.82) is 0 Å². The monoisotopic (exact) mass is 384 g/mol. The summed E-state index contributed by atoms with van der Waals surface area (Å²) in [7, 11) is 1.69. The van der Waals surface area contributed by atoms with Crippen molar-refractivity contribution in [2.75, 3.05) is 26.8 Å². The number of ether oxygens (including phenoxy) is 3. The van der Waals surface area contributed by atoms with Gasteiger partial charge in [-0.05, 0) is 26.3 Å².